The Hall–Kier alpha value is -1.05. The lowest BCUT2D eigenvalue weighted by Gasteiger charge is -2.34. The lowest BCUT2D eigenvalue weighted by Crippen LogP contribution is -2.23. The first-order chi connectivity index (χ1) is 8.00. The van der Waals surface area contributed by atoms with E-state index in [-0.39, 0.29) is 0 Å². The minimum atomic E-state index is -0.781. The van der Waals surface area contributed by atoms with E-state index >= 15 is 0 Å². The van der Waals surface area contributed by atoms with Gasteiger partial charge in [0, 0.05) is 5.57 Å². The summed E-state index contributed by atoms with van der Waals surface area (Å²) in [6.07, 6.45) is 6.81. The van der Waals surface area contributed by atoms with Crippen LogP contribution in [0.15, 0.2) is 22.8 Å². The van der Waals surface area contributed by atoms with Crippen LogP contribution in [0.3, 0.4) is 0 Å². The van der Waals surface area contributed by atoms with Crippen LogP contribution in [0.25, 0.3) is 0 Å². The summed E-state index contributed by atoms with van der Waals surface area (Å²) >= 11 is 0. The Morgan fingerprint density at radius 2 is 2.06 bits per heavy atom. The smallest absolute Gasteiger partial charge is 0.330 e. The number of carboxylic acids is 1. The highest BCUT2D eigenvalue weighted by molar-refractivity contribution is 5.85. The quantitative estimate of drug-likeness (QED) is 0.583. The molecular weight excluding hydrogens is 212 g/mol. The van der Waals surface area contributed by atoms with Crippen LogP contribution in [0.1, 0.15) is 46.5 Å². The molecule has 0 aliphatic heterocycles. The second-order valence-corrected chi connectivity index (χ2v) is 5.70. The number of fused-ring (bicyclic) bond motifs is 1. The van der Waals surface area contributed by atoms with Crippen molar-refractivity contribution in [1.82, 2.24) is 0 Å². The van der Waals surface area contributed by atoms with Gasteiger partial charge in [-0.2, -0.15) is 0 Å². The third-order valence-corrected chi connectivity index (χ3v) is 4.53. The summed E-state index contributed by atoms with van der Waals surface area (Å²) in [5, 5.41) is 8.99. The van der Waals surface area contributed by atoms with E-state index in [0.29, 0.717) is 17.4 Å². The summed E-state index contributed by atoms with van der Waals surface area (Å²) < 4.78 is 0. The zero-order chi connectivity index (χ0) is 12.6. The second kappa shape index (κ2) is 4.67. The number of rotatable bonds is 2. The predicted octanol–water partition coefficient (Wildman–Crippen LogP) is 3.79. The van der Waals surface area contributed by atoms with Gasteiger partial charge in [-0.1, -0.05) is 24.1 Å². The Bertz CT molecular complexity index is 390. The van der Waals surface area contributed by atoms with Crippen LogP contribution in [-0.2, 0) is 4.79 Å². The fourth-order valence-electron chi connectivity index (χ4n) is 3.52. The molecule has 1 fully saturated rings. The lowest BCUT2D eigenvalue weighted by atomic mass is 9.71. The van der Waals surface area contributed by atoms with Crippen molar-refractivity contribution in [1.29, 1.82) is 0 Å². The van der Waals surface area contributed by atoms with E-state index in [1.54, 1.807) is 12.5 Å². The molecule has 2 aliphatic carbocycles. The molecule has 2 aliphatic rings. The van der Waals surface area contributed by atoms with Gasteiger partial charge in [0.05, 0.1) is 0 Å². The van der Waals surface area contributed by atoms with Crippen molar-refractivity contribution in [2.45, 2.75) is 46.5 Å². The minimum absolute atomic E-state index is 0.384. The third-order valence-electron chi connectivity index (χ3n) is 4.53. The van der Waals surface area contributed by atoms with Crippen molar-refractivity contribution in [3.63, 3.8) is 0 Å². The highest BCUT2D eigenvalue weighted by atomic mass is 16.4. The second-order valence-electron chi connectivity index (χ2n) is 5.70. The summed E-state index contributed by atoms with van der Waals surface area (Å²) in [7, 11) is 0. The van der Waals surface area contributed by atoms with Crippen molar-refractivity contribution in [3.8, 4) is 0 Å². The van der Waals surface area contributed by atoms with E-state index in [2.05, 4.69) is 13.8 Å². The lowest BCUT2D eigenvalue weighted by molar-refractivity contribution is -0.132. The molecule has 0 aromatic carbocycles. The average Bonchev–Trinajstić information content (AvgIpc) is 2.66. The van der Waals surface area contributed by atoms with Crippen LogP contribution in [-0.4, -0.2) is 11.1 Å². The summed E-state index contributed by atoms with van der Waals surface area (Å²) in [6.45, 7) is 6.28. The van der Waals surface area contributed by atoms with Crippen molar-refractivity contribution < 1.29 is 9.90 Å². The highest BCUT2D eigenvalue weighted by Crippen LogP contribution is 2.48. The first-order valence-electron chi connectivity index (χ1n) is 6.62. The molecule has 0 spiro atoms. The van der Waals surface area contributed by atoms with Crippen LogP contribution >= 0.6 is 0 Å². The summed E-state index contributed by atoms with van der Waals surface area (Å²) in [6, 6.07) is 0. The first kappa shape index (κ1) is 12.4. The van der Waals surface area contributed by atoms with Crippen LogP contribution in [0.4, 0.5) is 0 Å². The van der Waals surface area contributed by atoms with E-state index in [0.717, 1.165) is 12.3 Å². The van der Waals surface area contributed by atoms with Crippen molar-refractivity contribution in [3.05, 3.63) is 22.8 Å². The highest BCUT2D eigenvalue weighted by Gasteiger charge is 2.35. The van der Waals surface area contributed by atoms with Crippen LogP contribution in [0.5, 0.6) is 0 Å². The molecule has 2 nitrogen and oxygen atoms in total. The van der Waals surface area contributed by atoms with Gasteiger partial charge in [-0.3, -0.25) is 0 Å². The summed E-state index contributed by atoms with van der Waals surface area (Å²) in [4.78, 5) is 10.9. The van der Waals surface area contributed by atoms with Gasteiger partial charge < -0.3 is 5.11 Å². The van der Waals surface area contributed by atoms with Gasteiger partial charge in [0.2, 0.25) is 0 Å². The number of allylic oxidation sites excluding steroid dienone is 3. The first-order valence-corrected chi connectivity index (χ1v) is 6.62. The molecule has 0 heterocycles. The average molecular weight is 234 g/mol. The SMILES string of the molecule is CC1=C2C(/C=C(\C)C(=O)O)CCC(C)[C@H]2CC1. The normalized spacial score (nSPS) is 33.8. The summed E-state index contributed by atoms with van der Waals surface area (Å²) in [5.41, 5.74) is 3.57. The van der Waals surface area contributed by atoms with E-state index in [4.69, 9.17) is 5.11 Å². The maximum absolute atomic E-state index is 10.9. The van der Waals surface area contributed by atoms with Gasteiger partial charge in [0.25, 0.3) is 0 Å². The molecule has 0 amide bonds. The molecule has 2 heteroatoms. The molecule has 0 bridgehead atoms. The molecule has 94 valence electrons. The van der Waals surface area contributed by atoms with Gasteiger partial charge in [-0.05, 0) is 57.3 Å². The number of aliphatic carboxylic acids is 1. The Balaban J connectivity index is 2.27. The van der Waals surface area contributed by atoms with Crippen LogP contribution in [0, 0.1) is 17.8 Å². The predicted molar refractivity (Wildman–Crippen MR) is 68.7 cm³/mol. The number of hydrogen-bond acceptors (Lipinski definition) is 1. The van der Waals surface area contributed by atoms with Gasteiger partial charge in [0.15, 0.2) is 0 Å². The van der Waals surface area contributed by atoms with Crippen LogP contribution < -0.4 is 0 Å². The maximum Gasteiger partial charge on any atom is 0.330 e. The Morgan fingerprint density at radius 1 is 1.35 bits per heavy atom. The molecular formula is C15H22O2. The topological polar surface area (TPSA) is 37.3 Å². The van der Waals surface area contributed by atoms with E-state index in [1.165, 1.54) is 24.8 Å². The fraction of sp³-hybridized carbons (Fsp3) is 0.667. The zero-order valence-corrected chi connectivity index (χ0v) is 11.0. The number of hydrogen-bond donors (Lipinski definition) is 1. The van der Waals surface area contributed by atoms with Gasteiger partial charge in [-0.15, -0.1) is 0 Å². The van der Waals surface area contributed by atoms with Gasteiger partial charge in [0.1, 0.15) is 0 Å². The van der Waals surface area contributed by atoms with Gasteiger partial charge in [-0.25, -0.2) is 4.79 Å². The Morgan fingerprint density at radius 3 is 2.71 bits per heavy atom. The molecule has 3 atom stereocenters. The molecule has 0 saturated heterocycles. The molecule has 2 unspecified atom stereocenters. The molecule has 1 N–H and O–H groups in total. The Labute approximate surface area is 103 Å². The van der Waals surface area contributed by atoms with Crippen LogP contribution in [0.2, 0.25) is 0 Å². The van der Waals surface area contributed by atoms with Crippen molar-refractivity contribution in [2.75, 3.05) is 0 Å². The standard InChI is InChI=1S/C15H22O2/c1-9-4-6-12(8-11(3)15(16)17)14-10(2)5-7-13(9)14/h8-9,12-13H,4-7H2,1-3H3,(H,16,17)/b11-8+/t9?,12?,13-/m1/s1. The van der Waals surface area contributed by atoms with Gasteiger partial charge >= 0.3 is 5.97 Å². The van der Waals surface area contributed by atoms with Crippen molar-refractivity contribution >= 4 is 5.97 Å². The number of carbonyl (C=O) groups is 1. The molecule has 0 aromatic rings. The van der Waals surface area contributed by atoms with E-state index in [1.807, 2.05) is 6.08 Å². The fourth-order valence-corrected chi connectivity index (χ4v) is 3.52. The largest absolute Gasteiger partial charge is 0.478 e. The molecule has 1 saturated carbocycles. The maximum atomic E-state index is 10.9. The van der Waals surface area contributed by atoms with Crippen molar-refractivity contribution in [2.24, 2.45) is 17.8 Å². The van der Waals surface area contributed by atoms with E-state index < -0.39 is 5.97 Å². The minimum Gasteiger partial charge on any atom is -0.478 e. The third kappa shape index (κ3) is 2.31. The molecule has 2 rings (SSSR count). The molecule has 17 heavy (non-hydrogen) atoms. The Kier molecular flexibility index (Phi) is 3.41. The monoisotopic (exact) mass is 234 g/mol. The molecule has 0 aromatic heterocycles. The summed E-state index contributed by atoms with van der Waals surface area (Å²) in [5.74, 6) is 1.09. The number of carboxylic acid groups (broad SMARTS) is 1. The zero-order valence-electron chi connectivity index (χ0n) is 11.0. The molecule has 0 radical (unpaired) electrons. The van der Waals surface area contributed by atoms with E-state index in [9.17, 15) is 4.79 Å².